The number of benzene rings is 2. The van der Waals surface area contributed by atoms with E-state index in [1.807, 2.05) is 60.7 Å². The Labute approximate surface area is 202 Å². The molecule has 0 aliphatic heterocycles. The van der Waals surface area contributed by atoms with Gasteiger partial charge in [-0.15, -0.1) is 0 Å². The van der Waals surface area contributed by atoms with Crippen LogP contribution in [-0.2, 0) is 27.4 Å². The van der Waals surface area contributed by atoms with E-state index in [9.17, 15) is 14.4 Å². The SMILES string of the molecule is CCCCCCCC[C@@H](NC(=O)[C@H](Cc1ccccc1)NC(=O)OCc1ccccc1)C(N)=O. The molecule has 0 fully saturated rings. The van der Waals surface area contributed by atoms with Gasteiger partial charge in [-0.2, -0.15) is 0 Å². The fourth-order valence-electron chi connectivity index (χ4n) is 3.65. The Balaban J connectivity index is 1.96. The van der Waals surface area contributed by atoms with Crippen LogP contribution in [0.4, 0.5) is 4.79 Å². The van der Waals surface area contributed by atoms with Crippen molar-refractivity contribution in [2.24, 2.45) is 5.73 Å². The van der Waals surface area contributed by atoms with E-state index in [-0.39, 0.29) is 13.0 Å². The molecule has 0 aliphatic rings. The number of ether oxygens (including phenoxy) is 1. The molecule has 0 radical (unpaired) electrons. The maximum atomic E-state index is 13.1. The Bertz CT molecular complexity index is 874. The van der Waals surface area contributed by atoms with Crippen molar-refractivity contribution in [3.63, 3.8) is 0 Å². The highest BCUT2D eigenvalue weighted by atomic mass is 16.5. The lowest BCUT2D eigenvalue weighted by atomic mass is 10.0. The number of rotatable bonds is 15. The van der Waals surface area contributed by atoms with E-state index in [1.54, 1.807) is 0 Å². The fourth-order valence-corrected chi connectivity index (χ4v) is 3.65. The van der Waals surface area contributed by atoms with Crippen LogP contribution in [0.2, 0.25) is 0 Å². The molecule has 2 rings (SSSR count). The summed E-state index contributed by atoms with van der Waals surface area (Å²) < 4.78 is 5.29. The molecule has 7 heteroatoms. The minimum absolute atomic E-state index is 0.0916. The van der Waals surface area contributed by atoms with Crippen LogP contribution in [0.25, 0.3) is 0 Å². The van der Waals surface area contributed by atoms with Gasteiger partial charge in [0, 0.05) is 6.42 Å². The number of nitrogens with one attached hydrogen (secondary N) is 2. The third-order valence-electron chi connectivity index (χ3n) is 5.61. The second-order valence-corrected chi connectivity index (χ2v) is 8.47. The summed E-state index contributed by atoms with van der Waals surface area (Å²) in [5, 5.41) is 5.38. The normalized spacial score (nSPS) is 12.4. The van der Waals surface area contributed by atoms with Crippen LogP contribution < -0.4 is 16.4 Å². The second kappa shape index (κ2) is 15.5. The van der Waals surface area contributed by atoms with E-state index in [2.05, 4.69) is 17.6 Å². The monoisotopic (exact) mass is 467 g/mol. The molecule has 7 nitrogen and oxygen atoms in total. The smallest absolute Gasteiger partial charge is 0.408 e. The standard InChI is InChI=1S/C27H37N3O4/c1-2-3-4-5-6-13-18-23(25(28)31)29-26(32)24(19-21-14-9-7-10-15-21)30-27(33)34-20-22-16-11-8-12-17-22/h7-12,14-17,23-24H,2-6,13,18-20H2,1H3,(H2,28,31)(H,29,32)(H,30,33)/t23-,24+/m1/s1. The molecule has 34 heavy (non-hydrogen) atoms. The lowest BCUT2D eigenvalue weighted by Gasteiger charge is -2.22. The van der Waals surface area contributed by atoms with E-state index in [0.717, 1.165) is 36.8 Å². The first-order valence-electron chi connectivity index (χ1n) is 12.1. The molecule has 4 N–H and O–H groups in total. The highest BCUT2D eigenvalue weighted by Gasteiger charge is 2.26. The molecule has 2 aromatic rings. The van der Waals surface area contributed by atoms with Crippen LogP contribution in [0, 0.1) is 0 Å². The van der Waals surface area contributed by atoms with Gasteiger partial charge in [-0.05, 0) is 17.5 Å². The summed E-state index contributed by atoms with van der Waals surface area (Å²) in [7, 11) is 0. The lowest BCUT2D eigenvalue weighted by molar-refractivity contribution is -0.128. The first-order chi connectivity index (χ1) is 16.5. The molecule has 0 saturated heterocycles. The molecular weight excluding hydrogens is 430 g/mol. The number of primary amides is 1. The molecule has 0 bridgehead atoms. The molecule has 2 aromatic carbocycles. The first-order valence-corrected chi connectivity index (χ1v) is 12.1. The van der Waals surface area contributed by atoms with Gasteiger partial charge in [-0.3, -0.25) is 9.59 Å². The number of hydrogen-bond acceptors (Lipinski definition) is 4. The molecule has 0 unspecified atom stereocenters. The minimum atomic E-state index is -0.905. The Kier molecular flexibility index (Phi) is 12.2. The van der Waals surface area contributed by atoms with E-state index in [4.69, 9.17) is 10.5 Å². The van der Waals surface area contributed by atoms with Gasteiger partial charge >= 0.3 is 6.09 Å². The summed E-state index contributed by atoms with van der Waals surface area (Å²) in [5.41, 5.74) is 7.26. The second-order valence-electron chi connectivity index (χ2n) is 8.47. The Morgan fingerprint density at radius 1 is 0.794 bits per heavy atom. The van der Waals surface area contributed by atoms with Crippen molar-refractivity contribution in [1.82, 2.24) is 10.6 Å². The molecule has 0 spiro atoms. The Hall–Kier alpha value is -3.35. The third kappa shape index (κ3) is 10.5. The van der Waals surface area contributed by atoms with Gasteiger partial charge in [-0.1, -0.05) is 106 Å². The van der Waals surface area contributed by atoms with Gasteiger partial charge in [0.25, 0.3) is 0 Å². The van der Waals surface area contributed by atoms with Gasteiger partial charge in [0.15, 0.2) is 0 Å². The quantitative estimate of drug-likeness (QED) is 0.340. The maximum absolute atomic E-state index is 13.1. The zero-order valence-corrected chi connectivity index (χ0v) is 20.0. The van der Waals surface area contributed by atoms with E-state index in [1.165, 1.54) is 12.8 Å². The van der Waals surface area contributed by atoms with Crippen LogP contribution in [0.3, 0.4) is 0 Å². The number of hydrogen-bond donors (Lipinski definition) is 3. The Morgan fingerprint density at radius 3 is 2.00 bits per heavy atom. The average molecular weight is 468 g/mol. The van der Waals surface area contributed by atoms with E-state index < -0.39 is 30.0 Å². The molecule has 0 saturated carbocycles. The zero-order chi connectivity index (χ0) is 24.6. The summed E-state index contributed by atoms with van der Waals surface area (Å²) in [6.07, 6.45) is 6.44. The van der Waals surface area contributed by atoms with Crippen LogP contribution >= 0.6 is 0 Å². The van der Waals surface area contributed by atoms with Crippen molar-refractivity contribution in [1.29, 1.82) is 0 Å². The molecule has 2 atom stereocenters. The van der Waals surface area contributed by atoms with Gasteiger partial charge in [0.1, 0.15) is 18.7 Å². The molecule has 0 aliphatic carbocycles. The van der Waals surface area contributed by atoms with Crippen molar-refractivity contribution in [2.75, 3.05) is 0 Å². The molecule has 3 amide bonds. The summed E-state index contributed by atoms with van der Waals surface area (Å²) in [6, 6.07) is 17.0. The third-order valence-corrected chi connectivity index (χ3v) is 5.61. The van der Waals surface area contributed by atoms with Crippen LogP contribution in [0.5, 0.6) is 0 Å². The predicted molar refractivity (Wildman–Crippen MR) is 133 cm³/mol. The summed E-state index contributed by atoms with van der Waals surface area (Å²) in [6.45, 7) is 2.25. The van der Waals surface area contributed by atoms with E-state index in [0.29, 0.717) is 6.42 Å². The highest BCUT2D eigenvalue weighted by molar-refractivity contribution is 5.90. The fraction of sp³-hybridized carbons (Fsp3) is 0.444. The van der Waals surface area contributed by atoms with Crippen LogP contribution in [-0.4, -0.2) is 30.0 Å². The first kappa shape index (κ1) is 26.9. The Morgan fingerprint density at radius 2 is 1.38 bits per heavy atom. The highest BCUT2D eigenvalue weighted by Crippen LogP contribution is 2.10. The number of alkyl carbamates (subject to hydrolysis) is 1. The molecular formula is C27H37N3O4. The number of carbonyl (C=O) groups is 3. The molecule has 0 heterocycles. The number of unbranched alkanes of at least 4 members (excludes halogenated alkanes) is 5. The van der Waals surface area contributed by atoms with Crippen molar-refractivity contribution in [3.05, 3.63) is 71.8 Å². The van der Waals surface area contributed by atoms with Crippen LogP contribution in [0.15, 0.2) is 60.7 Å². The maximum Gasteiger partial charge on any atom is 0.408 e. The van der Waals surface area contributed by atoms with Crippen molar-refractivity contribution in [2.45, 2.75) is 77.0 Å². The zero-order valence-electron chi connectivity index (χ0n) is 20.0. The van der Waals surface area contributed by atoms with Gasteiger partial charge in [0.2, 0.25) is 11.8 Å². The topological polar surface area (TPSA) is 111 Å². The van der Waals surface area contributed by atoms with Gasteiger partial charge in [-0.25, -0.2) is 4.79 Å². The average Bonchev–Trinajstić information content (AvgIpc) is 2.84. The molecule has 184 valence electrons. The van der Waals surface area contributed by atoms with Crippen molar-refractivity contribution >= 4 is 17.9 Å². The van der Waals surface area contributed by atoms with Crippen molar-refractivity contribution < 1.29 is 19.1 Å². The number of amides is 3. The lowest BCUT2D eigenvalue weighted by Crippen LogP contribution is -2.53. The van der Waals surface area contributed by atoms with Gasteiger partial charge in [0.05, 0.1) is 0 Å². The molecule has 0 aromatic heterocycles. The van der Waals surface area contributed by atoms with Crippen LogP contribution in [0.1, 0.15) is 63.0 Å². The predicted octanol–water partition coefficient (Wildman–Crippen LogP) is 4.24. The summed E-state index contributed by atoms with van der Waals surface area (Å²) in [4.78, 5) is 37.4. The van der Waals surface area contributed by atoms with Crippen molar-refractivity contribution in [3.8, 4) is 0 Å². The van der Waals surface area contributed by atoms with Gasteiger partial charge < -0.3 is 21.1 Å². The number of carbonyl (C=O) groups excluding carboxylic acids is 3. The minimum Gasteiger partial charge on any atom is -0.445 e. The summed E-state index contributed by atoms with van der Waals surface area (Å²) in [5.74, 6) is -1.04. The summed E-state index contributed by atoms with van der Waals surface area (Å²) >= 11 is 0. The van der Waals surface area contributed by atoms with E-state index >= 15 is 0 Å². The number of nitrogens with two attached hydrogens (primary N) is 1. The largest absolute Gasteiger partial charge is 0.445 e.